The Kier molecular flexibility index (Phi) is 3.54. The monoisotopic (exact) mass is 221 g/mol. The van der Waals surface area contributed by atoms with E-state index < -0.39 is 0 Å². The molecule has 2 atom stereocenters. The van der Waals surface area contributed by atoms with Gasteiger partial charge in [0, 0.05) is 26.1 Å². The summed E-state index contributed by atoms with van der Waals surface area (Å²) in [4.78, 5) is 4.24. The van der Waals surface area contributed by atoms with Gasteiger partial charge in [0.25, 0.3) is 0 Å². The van der Waals surface area contributed by atoms with E-state index in [0.29, 0.717) is 24.1 Å². The average Bonchev–Trinajstić information content (AvgIpc) is 2.90. The molecule has 0 bridgehead atoms. The van der Waals surface area contributed by atoms with E-state index in [0.717, 1.165) is 26.1 Å². The van der Waals surface area contributed by atoms with Crippen molar-refractivity contribution in [2.45, 2.75) is 25.3 Å². The van der Waals surface area contributed by atoms with Crippen LogP contribution in [0.15, 0.2) is 4.52 Å². The van der Waals surface area contributed by atoms with Gasteiger partial charge in [0.1, 0.15) is 0 Å². The maximum atomic E-state index is 5.76. The smallest absolute Gasteiger partial charge is 0.244 e. The molecule has 1 fully saturated rings. The molecule has 0 saturated carbocycles. The van der Waals surface area contributed by atoms with Crippen molar-refractivity contribution in [2.24, 2.45) is 11.7 Å². The minimum atomic E-state index is -0.355. The minimum Gasteiger partial charge on any atom is -0.381 e. The second kappa shape index (κ2) is 5.10. The summed E-state index contributed by atoms with van der Waals surface area (Å²) in [5.74, 6) is 4.09. The zero-order chi connectivity index (χ0) is 11.4. The highest BCUT2D eigenvalue weighted by Crippen LogP contribution is 2.18. The van der Waals surface area contributed by atoms with Crippen molar-refractivity contribution in [2.75, 3.05) is 13.2 Å². The van der Waals surface area contributed by atoms with Gasteiger partial charge in [0.05, 0.1) is 6.04 Å². The molecule has 0 aliphatic carbocycles. The van der Waals surface area contributed by atoms with Crippen molar-refractivity contribution in [1.29, 1.82) is 0 Å². The number of hydrogen-bond donors (Lipinski definition) is 1. The van der Waals surface area contributed by atoms with Crippen LogP contribution in [0.1, 0.15) is 30.6 Å². The Balaban J connectivity index is 1.93. The predicted molar refractivity (Wildman–Crippen MR) is 57.3 cm³/mol. The molecule has 86 valence electrons. The molecule has 5 nitrogen and oxygen atoms in total. The van der Waals surface area contributed by atoms with Gasteiger partial charge in [-0.2, -0.15) is 4.98 Å². The topological polar surface area (TPSA) is 74.2 Å². The number of hydrogen-bond acceptors (Lipinski definition) is 5. The minimum absolute atomic E-state index is 0.355. The van der Waals surface area contributed by atoms with Crippen LogP contribution in [0.2, 0.25) is 0 Å². The second-order valence-electron chi connectivity index (χ2n) is 4.00. The number of rotatable bonds is 4. The van der Waals surface area contributed by atoms with Crippen molar-refractivity contribution in [1.82, 2.24) is 10.1 Å². The Morgan fingerprint density at radius 3 is 3.19 bits per heavy atom. The van der Waals surface area contributed by atoms with Crippen molar-refractivity contribution < 1.29 is 9.26 Å². The van der Waals surface area contributed by atoms with E-state index in [9.17, 15) is 0 Å². The van der Waals surface area contributed by atoms with E-state index in [4.69, 9.17) is 21.4 Å². The van der Waals surface area contributed by atoms with Gasteiger partial charge in [-0.05, 0) is 12.3 Å². The van der Waals surface area contributed by atoms with Gasteiger partial charge < -0.3 is 15.0 Å². The lowest BCUT2D eigenvalue weighted by Crippen LogP contribution is -2.10. The highest BCUT2D eigenvalue weighted by Gasteiger charge is 2.20. The van der Waals surface area contributed by atoms with Crippen LogP contribution < -0.4 is 5.73 Å². The van der Waals surface area contributed by atoms with Crippen LogP contribution in [0.25, 0.3) is 0 Å². The summed E-state index contributed by atoms with van der Waals surface area (Å²) >= 11 is 0. The molecule has 2 rings (SSSR count). The van der Waals surface area contributed by atoms with E-state index in [2.05, 4.69) is 16.1 Å². The molecule has 1 aliphatic rings. The largest absolute Gasteiger partial charge is 0.381 e. The number of nitrogens with two attached hydrogens (primary N) is 1. The molecule has 1 aromatic rings. The van der Waals surface area contributed by atoms with Crippen LogP contribution in [0.4, 0.5) is 0 Å². The van der Waals surface area contributed by atoms with Gasteiger partial charge in [0.15, 0.2) is 5.82 Å². The molecule has 2 unspecified atom stereocenters. The Hall–Kier alpha value is -1.38. The molecule has 0 spiro atoms. The SMILES string of the molecule is C#CCC(N)c1nc(CC2CCOC2)no1. The van der Waals surface area contributed by atoms with E-state index in [1.807, 2.05) is 0 Å². The van der Waals surface area contributed by atoms with Crippen LogP contribution >= 0.6 is 0 Å². The molecule has 5 heteroatoms. The molecule has 1 aliphatic heterocycles. The van der Waals surface area contributed by atoms with Gasteiger partial charge in [-0.3, -0.25) is 0 Å². The first kappa shape index (κ1) is 11.1. The van der Waals surface area contributed by atoms with E-state index in [1.165, 1.54) is 0 Å². The van der Waals surface area contributed by atoms with Crippen molar-refractivity contribution in [3.05, 3.63) is 11.7 Å². The fourth-order valence-corrected chi connectivity index (χ4v) is 1.72. The lowest BCUT2D eigenvalue weighted by Gasteiger charge is -2.01. The third-order valence-corrected chi connectivity index (χ3v) is 2.63. The highest BCUT2D eigenvalue weighted by molar-refractivity contribution is 4.99. The van der Waals surface area contributed by atoms with Gasteiger partial charge in [-0.15, -0.1) is 12.3 Å². The first-order valence-corrected chi connectivity index (χ1v) is 5.39. The number of aromatic nitrogens is 2. The van der Waals surface area contributed by atoms with Crippen LogP contribution in [0.5, 0.6) is 0 Å². The quantitative estimate of drug-likeness (QED) is 0.756. The van der Waals surface area contributed by atoms with Gasteiger partial charge in [0.2, 0.25) is 5.89 Å². The Morgan fingerprint density at radius 2 is 2.50 bits per heavy atom. The summed E-state index contributed by atoms with van der Waals surface area (Å²) in [6.45, 7) is 1.60. The normalized spacial score (nSPS) is 21.9. The molecule has 16 heavy (non-hydrogen) atoms. The molecule has 2 heterocycles. The van der Waals surface area contributed by atoms with Crippen molar-refractivity contribution >= 4 is 0 Å². The van der Waals surface area contributed by atoms with Crippen LogP contribution in [-0.4, -0.2) is 23.4 Å². The zero-order valence-corrected chi connectivity index (χ0v) is 9.06. The zero-order valence-electron chi connectivity index (χ0n) is 9.06. The predicted octanol–water partition coefficient (Wildman–Crippen LogP) is 0.672. The Bertz CT molecular complexity index is 377. The van der Waals surface area contributed by atoms with Crippen molar-refractivity contribution in [3.63, 3.8) is 0 Å². The van der Waals surface area contributed by atoms with Gasteiger partial charge >= 0.3 is 0 Å². The maximum Gasteiger partial charge on any atom is 0.244 e. The summed E-state index contributed by atoms with van der Waals surface area (Å²) in [6, 6.07) is -0.355. The summed E-state index contributed by atoms with van der Waals surface area (Å²) in [6.07, 6.45) is 7.42. The van der Waals surface area contributed by atoms with Gasteiger partial charge in [-0.1, -0.05) is 5.16 Å². The average molecular weight is 221 g/mol. The van der Waals surface area contributed by atoms with E-state index in [1.54, 1.807) is 0 Å². The van der Waals surface area contributed by atoms with Crippen LogP contribution in [0, 0.1) is 18.3 Å². The molecule has 1 saturated heterocycles. The standard InChI is InChI=1S/C11H15N3O2/c1-2-3-9(12)11-13-10(14-16-11)6-8-4-5-15-7-8/h1,8-9H,3-7,12H2. The van der Waals surface area contributed by atoms with Gasteiger partial charge in [-0.25, -0.2) is 0 Å². The third kappa shape index (κ3) is 2.60. The Morgan fingerprint density at radius 1 is 1.62 bits per heavy atom. The van der Waals surface area contributed by atoms with Crippen LogP contribution in [0.3, 0.4) is 0 Å². The fourth-order valence-electron chi connectivity index (χ4n) is 1.72. The number of ether oxygens (including phenoxy) is 1. The molecular formula is C11H15N3O2. The summed E-state index contributed by atoms with van der Waals surface area (Å²) in [5.41, 5.74) is 5.76. The lowest BCUT2D eigenvalue weighted by atomic mass is 10.1. The fraction of sp³-hybridized carbons (Fsp3) is 0.636. The first-order valence-electron chi connectivity index (χ1n) is 5.39. The first-order chi connectivity index (χ1) is 7.79. The molecule has 1 aromatic heterocycles. The number of terminal acetylenes is 1. The number of nitrogens with zero attached hydrogens (tertiary/aromatic N) is 2. The van der Waals surface area contributed by atoms with Crippen LogP contribution in [-0.2, 0) is 11.2 Å². The van der Waals surface area contributed by atoms with E-state index in [-0.39, 0.29) is 6.04 Å². The molecule has 0 aromatic carbocycles. The molecule has 0 radical (unpaired) electrons. The molecular weight excluding hydrogens is 206 g/mol. The third-order valence-electron chi connectivity index (χ3n) is 2.63. The lowest BCUT2D eigenvalue weighted by molar-refractivity contribution is 0.185. The second-order valence-corrected chi connectivity index (χ2v) is 4.00. The summed E-state index contributed by atoms with van der Waals surface area (Å²) in [7, 11) is 0. The maximum absolute atomic E-state index is 5.76. The summed E-state index contributed by atoms with van der Waals surface area (Å²) < 4.78 is 10.4. The summed E-state index contributed by atoms with van der Waals surface area (Å²) in [5, 5.41) is 3.89. The highest BCUT2D eigenvalue weighted by atomic mass is 16.5. The molecule has 2 N–H and O–H groups in total. The Labute approximate surface area is 94.3 Å². The van der Waals surface area contributed by atoms with Crippen molar-refractivity contribution in [3.8, 4) is 12.3 Å². The van der Waals surface area contributed by atoms with E-state index >= 15 is 0 Å². The molecule has 0 amide bonds.